The molecule has 2 aliphatic rings. The standard InChI is InChI=1S/C44H56N2O6/c1-4-6-8-14-35-36(33(27-47)11-5-2)23-29(21-28-19-20-46-41(45)24-28)22-32-15-17-34(30-12-9-7-10-13-30)37-26-39(49)40(52-3)25-31(37)16-18-38(48)43(50)44(51)42(32)35/h7,9-10,12-13,19-20,24-26,29,32-36,42-43,47,49-50H,4-6,8,11,14,16,18,21-23,27H2,1-3H3,(H2,45,46). The molecule has 8 nitrogen and oxygen atoms in total. The Morgan fingerprint density at radius 3 is 2.48 bits per heavy atom. The summed E-state index contributed by atoms with van der Waals surface area (Å²) >= 11 is 0. The third-order valence-corrected chi connectivity index (χ3v) is 11.5. The SMILES string of the molecule is CCCCCC1C(C(CO)CCC)CC(Cc2ccnc(N)c2)CC2C#CC(c3ccccc3)c3cc(O)c(OC)cc3CCC(=O)C(O)C(=O)C21. The van der Waals surface area contributed by atoms with Crippen LogP contribution in [-0.2, 0) is 22.4 Å². The molecular weight excluding hydrogens is 652 g/mol. The van der Waals surface area contributed by atoms with E-state index in [0.29, 0.717) is 18.7 Å². The van der Waals surface area contributed by atoms with Gasteiger partial charge in [0.25, 0.3) is 0 Å². The van der Waals surface area contributed by atoms with Gasteiger partial charge in [-0.25, -0.2) is 4.98 Å². The number of nitrogens with two attached hydrogens (primary N) is 1. The number of ether oxygens (including phenoxy) is 1. The molecule has 3 aromatic rings. The van der Waals surface area contributed by atoms with Gasteiger partial charge in [0.05, 0.1) is 13.0 Å². The van der Waals surface area contributed by atoms with Crippen molar-refractivity contribution in [2.75, 3.05) is 19.5 Å². The van der Waals surface area contributed by atoms with Gasteiger partial charge < -0.3 is 25.8 Å². The summed E-state index contributed by atoms with van der Waals surface area (Å²) in [6.45, 7) is 4.28. The van der Waals surface area contributed by atoms with Gasteiger partial charge in [0.15, 0.2) is 29.2 Å². The second kappa shape index (κ2) is 18.5. The normalized spacial score (nSPS) is 25.7. The smallest absolute Gasteiger partial charge is 0.173 e. The number of hydrogen-bond donors (Lipinski definition) is 4. The third-order valence-electron chi connectivity index (χ3n) is 11.5. The fraction of sp³-hybridized carbons (Fsp3) is 0.523. The Kier molecular flexibility index (Phi) is 13.9. The monoisotopic (exact) mass is 708 g/mol. The van der Waals surface area contributed by atoms with Crippen molar-refractivity contribution in [2.45, 2.75) is 96.5 Å². The van der Waals surface area contributed by atoms with E-state index < -0.39 is 35.4 Å². The zero-order valence-electron chi connectivity index (χ0n) is 31.0. The second-order valence-electron chi connectivity index (χ2n) is 14.9. The van der Waals surface area contributed by atoms with Crippen molar-refractivity contribution >= 4 is 17.4 Å². The summed E-state index contributed by atoms with van der Waals surface area (Å²) in [6, 6.07) is 17.2. The van der Waals surface area contributed by atoms with Crippen LogP contribution >= 0.6 is 0 Å². The highest BCUT2D eigenvalue weighted by Gasteiger charge is 2.47. The molecule has 52 heavy (non-hydrogen) atoms. The van der Waals surface area contributed by atoms with E-state index in [2.05, 4.69) is 30.7 Å². The van der Waals surface area contributed by atoms with Crippen LogP contribution in [0.25, 0.3) is 0 Å². The van der Waals surface area contributed by atoms with Gasteiger partial charge in [0, 0.05) is 31.1 Å². The Bertz CT molecular complexity index is 1710. The molecule has 278 valence electrons. The third kappa shape index (κ3) is 9.23. The number of nitrogen functional groups attached to an aromatic ring is 1. The van der Waals surface area contributed by atoms with Crippen LogP contribution in [-0.4, -0.2) is 51.7 Å². The molecule has 1 heterocycles. The summed E-state index contributed by atoms with van der Waals surface area (Å²) in [4.78, 5) is 32.8. The quantitative estimate of drug-likeness (QED) is 0.0890. The summed E-state index contributed by atoms with van der Waals surface area (Å²) in [7, 11) is 1.48. The predicted octanol–water partition coefficient (Wildman–Crippen LogP) is 7.07. The molecule has 0 radical (unpaired) electrons. The molecule has 1 saturated carbocycles. The molecule has 2 aromatic carbocycles. The number of anilines is 1. The highest BCUT2D eigenvalue weighted by atomic mass is 16.5. The predicted molar refractivity (Wildman–Crippen MR) is 204 cm³/mol. The number of fused-ring (bicyclic) bond motifs is 2. The van der Waals surface area contributed by atoms with E-state index in [1.54, 1.807) is 18.3 Å². The molecule has 0 amide bonds. The van der Waals surface area contributed by atoms with Crippen molar-refractivity contribution in [3.63, 3.8) is 0 Å². The number of phenols is 1. The number of aliphatic hydroxyl groups excluding tert-OH is 2. The lowest BCUT2D eigenvalue weighted by Gasteiger charge is -2.38. The maximum atomic E-state index is 14.8. The van der Waals surface area contributed by atoms with Crippen LogP contribution in [0.1, 0.15) is 99.8 Å². The number of aromatic hydroxyl groups is 1. The maximum Gasteiger partial charge on any atom is 0.173 e. The van der Waals surface area contributed by atoms with Crippen molar-refractivity contribution in [1.82, 2.24) is 4.98 Å². The van der Waals surface area contributed by atoms with Crippen molar-refractivity contribution in [3.05, 3.63) is 83.0 Å². The number of unbranched alkanes of at least 4 members (excludes halogenated alkanes) is 2. The summed E-state index contributed by atoms with van der Waals surface area (Å²) in [5.74, 6) is 5.28. The number of ketones is 2. The number of Topliss-reactive ketones (excluding diaryl/α,β-unsaturated/α-hetero) is 2. The minimum Gasteiger partial charge on any atom is -0.504 e. The van der Waals surface area contributed by atoms with Gasteiger partial charge in [0.2, 0.25) is 0 Å². The highest BCUT2D eigenvalue weighted by molar-refractivity contribution is 6.06. The molecule has 0 bridgehead atoms. The number of carbonyl (C=O) groups excluding carboxylic acids is 2. The molecule has 0 aliphatic heterocycles. The first-order valence-electron chi connectivity index (χ1n) is 19.2. The highest BCUT2D eigenvalue weighted by Crippen LogP contribution is 2.48. The number of benzene rings is 2. The number of hydrogen-bond acceptors (Lipinski definition) is 8. The van der Waals surface area contributed by atoms with Crippen LogP contribution in [0.5, 0.6) is 11.5 Å². The Hall–Kier alpha value is -4.19. The Balaban J connectivity index is 1.74. The van der Waals surface area contributed by atoms with Crippen LogP contribution in [0.4, 0.5) is 5.82 Å². The lowest BCUT2D eigenvalue weighted by atomic mass is 9.66. The fourth-order valence-electron chi connectivity index (χ4n) is 8.97. The number of phenolic OH excluding ortho intramolecular Hbond substituents is 1. The first-order chi connectivity index (χ1) is 25.2. The average Bonchev–Trinajstić information content (AvgIpc) is 3.29. The van der Waals surface area contributed by atoms with E-state index in [-0.39, 0.29) is 54.6 Å². The minimum atomic E-state index is -1.77. The number of aliphatic hydroxyl groups is 2. The molecule has 1 fully saturated rings. The lowest BCUT2D eigenvalue weighted by molar-refractivity contribution is -0.144. The topological polar surface area (TPSA) is 143 Å². The molecule has 0 spiro atoms. The molecular formula is C44H56N2O6. The van der Waals surface area contributed by atoms with Gasteiger partial charge >= 0.3 is 0 Å². The number of carbonyl (C=O) groups is 2. The zero-order chi connectivity index (χ0) is 37.2. The Morgan fingerprint density at radius 2 is 1.79 bits per heavy atom. The number of rotatable bonds is 12. The van der Waals surface area contributed by atoms with Gasteiger partial charge in [-0.2, -0.15) is 0 Å². The number of aryl methyl sites for hydroxylation is 1. The van der Waals surface area contributed by atoms with E-state index in [1.165, 1.54) is 7.11 Å². The van der Waals surface area contributed by atoms with Crippen molar-refractivity contribution in [1.29, 1.82) is 0 Å². The van der Waals surface area contributed by atoms with E-state index in [9.17, 15) is 24.9 Å². The first kappa shape index (κ1) is 39.0. The minimum absolute atomic E-state index is 0.00277. The van der Waals surface area contributed by atoms with Crippen molar-refractivity contribution < 1.29 is 29.6 Å². The second-order valence-corrected chi connectivity index (χ2v) is 14.9. The molecule has 1 aromatic heterocycles. The molecule has 8 atom stereocenters. The van der Waals surface area contributed by atoms with Crippen molar-refractivity contribution in [3.8, 4) is 23.3 Å². The maximum absolute atomic E-state index is 14.8. The van der Waals surface area contributed by atoms with E-state index in [1.807, 2.05) is 42.5 Å². The number of pyridine rings is 1. The molecule has 5 rings (SSSR count). The molecule has 8 unspecified atom stereocenters. The first-order valence-corrected chi connectivity index (χ1v) is 19.2. The van der Waals surface area contributed by atoms with Crippen LogP contribution in [0.2, 0.25) is 0 Å². The summed E-state index contributed by atoms with van der Waals surface area (Å²) in [5, 5.41) is 33.5. The van der Waals surface area contributed by atoms with Gasteiger partial charge in [-0.1, -0.05) is 81.7 Å². The van der Waals surface area contributed by atoms with Gasteiger partial charge in [-0.05, 0) is 109 Å². The van der Waals surface area contributed by atoms with Crippen LogP contribution in [0, 0.1) is 47.3 Å². The molecule has 2 aliphatic carbocycles. The van der Waals surface area contributed by atoms with Crippen LogP contribution < -0.4 is 10.5 Å². The number of aromatic nitrogens is 1. The molecule has 5 N–H and O–H groups in total. The summed E-state index contributed by atoms with van der Waals surface area (Å²) < 4.78 is 5.45. The van der Waals surface area contributed by atoms with Crippen molar-refractivity contribution in [2.24, 2.45) is 35.5 Å². The van der Waals surface area contributed by atoms with Gasteiger partial charge in [0.1, 0.15) is 5.82 Å². The largest absolute Gasteiger partial charge is 0.504 e. The van der Waals surface area contributed by atoms with Crippen LogP contribution in [0.3, 0.4) is 0 Å². The van der Waals surface area contributed by atoms with E-state index in [4.69, 9.17) is 10.5 Å². The molecule has 8 heteroatoms. The summed E-state index contributed by atoms with van der Waals surface area (Å²) in [6.07, 6.45) is 7.60. The number of methoxy groups -OCH3 is 1. The fourth-order valence-corrected chi connectivity index (χ4v) is 8.97. The molecule has 0 saturated heterocycles. The average molecular weight is 709 g/mol. The van der Waals surface area contributed by atoms with E-state index in [0.717, 1.165) is 67.2 Å². The van der Waals surface area contributed by atoms with Gasteiger partial charge in [-0.15, -0.1) is 0 Å². The number of nitrogens with zero attached hydrogens (tertiary/aromatic N) is 1. The van der Waals surface area contributed by atoms with E-state index >= 15 is 0 Å². The van der Waals surface area contributed by atoms with Crippen LogP contribution in [0.15, 0.2) is 60.8 Å². The summed E-state index contributed by atoms with van der Waals surface area (Å²) in [5.41, 5.74) is 9.63. The Labute approximate surface area is 309 Å². The Morgan fingerprint density at radius 1 is 1.00 bits per heavy atom. The van der Waals surface area contributed by atoms with Gasteiger partial charge in [-0.3, -0.25) is 9.59 Å². The lowest BCUT2D eigenvalue weighted by Crippen LogP contribution is -2.44. The zero-order valence-corrected chi connectivity index (χ0v) is 31.0.